The average molecular weight is 435 g/mol. The Morgan fingerprint density at radius 3 is 2.75 bits per heavy atom. The van der Waals surface area contributed by atoms with Crippen molar-refractivity contribution in [3.05, 3.63) is 54.0 Å². The first kappa shape index (κ1) is 21.0. The van der Waals surface area contributed by atoms with E-state index in [1.165, 1.54) is 10.9 Å². The number of hydrogen-bond acceptors (Lipinski definition) is 7. The molecule has 0 radical (unpaired) electrons. The lowest BCUT2D eigenvalue weighted by Gasteiger charge is -2.32. The Kier molecular flexibility index (Phi) is 6.36. The molecule has 5 rings (SSSR count). The predicted molar refractivity (Wildman–Crippen MR) is 124 cm³/mol. The van der Waals surface area contributed by atoms with Gasteiger partial charge in [-0.05, 0) is 62.2 Å². The Hall–Kier alpha value is -2.90. The average Bonchev–Trinajstić information content (AvgIpc) is 2.86. The molecule has 0 saturated carbocycles. The summed E-state index contributed by atoms with van der Waals surface area (Å²) in [7, 11) is 1.71. The van der Waals surface area contributed by atoms with E-state index in [9.17, 15) is 0 Å². The zero-order valence-corrected chi connectivity index (χ0v) is 18.5. The third kappa shape index (κ3) is 4.79. The molecule has 3 aromatic rings. The standard InChI is InChI=1S/C25H30N4O3/c1-30-21-2-3-23-22(15-21)18(4-8-26-23)5-9-29-10-6-19(7-11-29)27-16-20-14-24-25(17-28-20)32-13-12-31-24/h2-4,8,14-15,17,19,27H,5-7,9-13,16H2,1H3. The van der Waals surface area contributed by atoms with Crippen molar-refractivity contribution in [3.8, 4) is 17.2 Å². The minimum absolute atomic E-state index is 0.521. The van der Waals surface area contributed by atoms with Gasteiger partial charge in [0, 0.05) is 36.8 Å². The number of nitrogens with zero attached hydrogens (tertiary/aromatic N) is 3. The van der Waals surface area contributed by atoms with Crippen LogP contribution in [0.15, 0.2) is 42.7 Å². The van der Waals surface area contributed by atoms with Crippen LogP contribution in [0.1, 0.15) is 24.1 Å². The molecule has 4 heterocycles. The largest absolute Gasteiger partial charge is 0.497 e. The molecular weight excluding hydrogens is 404 g/mol. The van der Waals surface area contributed by atoms with Gasteiger partial charge in [0.05, 0.1) is 24.5 Å². The summed E-state index contributed by atoms with van der Waals surface area (Å²) >= 11 is 0. The van der Waals surface area contributed by atoms with Crippen molar-refractivity contribution >= 4 is 10.9 Å². The predicted octanol–water partition coefficient (Wildman–Crippen LogP) is 3.21. The molecule has 7 nitrogen and oxygen atoms in total. The minimum atomic E-state index is 0.521. The van der Waals surface area contributed by atoms with Crippen LogP contribution in [0.2, 0.25) is 0 Å². The van der Waals surface area contributed by atoms with Crippen molar-refractivity contribution in [2.75, 3.05) is 40.0 Å². The van der Waals surface area contributed by atoms with E-state index in [-0.39, 0.29) is 0 Å². The number of nitrogens with one attached hydrogen (secondary N) is 1. The van der Waals surface area contributed by atoms with E-state index in [0.717, 1.165) is 73.9 Å². The smallest absolute Gasteiger partial charge is 0.179 e. The maximum absolute atomic E-state index is 5.66. The van der Waals surface area contributed by atoms with Gasteiger partial charge in [0.25, 0.3) is 0 Å². The molecule has 0 aliphatic carbocycles. The van der Waals surface area contributed by atoms with Crippen LogP contribution in [0.3, 0.4) is 0 Å². The first-order valence-electron chi connectivity index (χ1n) is 11.4. The van der Waals surface area contributed by atoms with Gasteiger partial charge >= 0.3 is 0 Å². The Balaban J connectivity index is 1.10. The Morgan fingerprint density at radius 2 is 1.91 bits per heavy atom. The lowest BCUT2D eigenvalue weighted by Crippen LogP contribution is -2.42. The zero-order valence-electron chi connectivity index (χ0n) is 18.5. The van der Waals surface area contributed by atoms with E-state index in [2.05, 4.69) is 32.3 Å². The number of ether oxygens (including phenoxy) is 3. The molecular formula is C25H30N4O3. The molecule has 7 heteroatoms. The maximum atomic E-state index is 5.66. The topological polar surface area (TPSA) is 68.7 Å². The van der Waals surface area contributed by atoms with Crippen molar-refractivity contribution < 1.29 is 14.2 Å². The van der Waals surface area contributed by atoms with Crippen LogP contribution in [-0.2, 0) is 13.0 Å². The quantitative estimate of drug-likeness (QED) is 0.612. The molecule has 2 aliphatic rings. The Morgan fingerprint density at radius 1 is 1.06 bits per heavy atom. The van der Waals surface area contributed by atoms with E-state index < -0.39 is 0 Å². The SMILES string of the molecule is COc1ccc2nccc(CCN3CCC(NCc4cc5c(cn4)OCCO5)CC3)c2c1. The molecule has 2 aromatic heterocycles. The van der Waals surface area contributed by atoms with Gasteiger partial charge in [0.2, 0.25) is 0 Å². The van der Waals surface area contributed by atoms with Crippen molar-refractivity contribution in [3.63, 3.8) is 0 Å². The normalized spacial score (nSPS) is 16.9. The summed E-state index contributed by atoms with van der Waals surface area (Å²) in [5.74, 6) is 2.43. The fourth-order valence-electron chi connectivity index (χ4n) is 4.50. The number of methoxy groups -OCH3 is 1. The number of likely N-dealkylation sites (tertiary alicyclic amines) is 1. The van der Waals surface area contributed by atoms with E-state index >= 15 is 0 Å². The van der Waals surface area contributed by atoms with Gasteiger partial charge in [-0.1, -0.05) is 0 Å². The van der Waals surface area contributed by atoms with Gasteiger partial charge in [-0.3, -0.25) is 9.97 Å². The molecule has 0 unspecified atom stereocenters. The highest BCUT2D eigenvalue weighted by Crippen LogP contribution is 2.29. The van der Waals surface area contributed by atoms with Gasteiger partial charge in [-0.2, -0.15) is 0 Å². The monoisotopic (exact) mass is 434 g/mol. The first-order chi connectivity index (χ1) is 15.8. The highest BCUT2D eigenvalue weighted by molar-refractivity contribution is 5.83. The summed E-state index contributed by atoms with van der Waals surface area (Å²) in [6.45, 7) is 5.23. The van der Waals surface area contributed by atoms with Crippen molar-refractivity contribution in [1.82, 2.24) is 20.2 Å². The molecule has 168 valence electrons. The molecule has 0 spiro atoms. The fraction of sp³-hybridized carbons (Fsp3) is 0.440. The first-order valence-corrected chi connectivity index (χ1v) is 11.4. The molecule has 0 atom stereocenters. The fourth-order valence-corrected chi connectivity index (χ4v) is 4.50. The summed E-state index contributed by atoms with van der Waals surface area (Å²) in [4.78, 5) is 11.6. The molecule has 1 fully saturated rings. The van der Waals surface area contributed by atoms with E-state index in [4.69, 9.17) is 14.2 Å². The third-order valence-electron chi connectivity index (χ3n) is 6.38. The van der Waals surface area contributed by atoms with Gasteiger partial charge in [0.1, 0.15) is 19.0 Å². The molecule has 32 heavy (non-hydrogen) atoms. The molecule has 1 saturated heterocycles. The molecule has 1 N–H and O–H groups in total. The second kappa shape index (κ2) is 9.71. The molecule has 0 bridgehead atoms. The lowest BCUT2D eigenvalue weighted by molar-refractivity contribution is 0.170. The number of aromatic nitrogens is 2. The summed E-state index contributed by atoms with van der Waals surface area (Å²) in [5, 5.41) is 4.86. The van der Waals surface area contributed by atoms with Crippen LogP contribution < -0.4 is 19.5 Å². The summed E-state index contributed by atoms with van der Waals surface area (Å²) in [6, 6.07) is 10.7. The van der Waals surface area contributed by atoms with Crippen LogP contribution in [-0.4, -0.2) is 60.9 Å². The van der Waals surface area contributed by atoms with E-state index in [1.807, 2.05) is 24.4 Å². The van der Waals surface area contributed by atoms with Gasteiger partial charge < -0.3 is 24.4 Å². The van der Waals surface area contributed by atoms with E-state index in [0.29, 0.717) is 19.3 Å². The number of hydrogen-bond donors (Lipinski definition) is 1. The number of benzene rings is 1. The minimum Gasteiger partial charge on any atom is -0.497 e. The zero-order chi connectivity index (χ0) is 21.8. The molecule has 1 aromatic carbocycles. The summed E-state index contributed by atoms with van der Waals surface area (Å²) in [6.07, 6.45) is 7.00. The van der Waals surface area contributed by atoms with Crippen LogP contribution in [0.5, 0.6) is 17.2 Å². The maximum Gasteiger partial charge on any atom is 0.179 e. The number of rotatable bonds is 7. The van der Waals surface area contributed by atoms with Crippen LogP contribution in [0.4, 0.5) is 0 Å². The Bertz CT molecular complexity index is 1070. The third-order valence-corrected chi connectivity index (χ3v) is 6.38. The highest BCUT2D eigenvalue weighted by atomic mass is 16.6. The second-order valence-corrected chi connectivity index (χ2v) is 8.42. The number of fused-ring (bicyclic) bond motifs is 2. The highest BCUT2D eigenvalue weighted by Gasteiger charge is 2.20. The number of pyridine rings is 2. The van der Waals surface area contributed by atoms with Crippen molar-refractivity contribution in [1.29, 1.82) is 0 Å². The lowest BCUT2D eigenvalue weighted by atomic mass is 10.0. The number of piperidine rings is 1. The van der Waals surface area contributed by atoms with Crippen LogP contribution in [0.25, 0.3) is 10.9 Å². The van der Waals surface area contributed by atoms with Crippen molar-refractivity contribution in [2.24, 2.45) is 0 Å². The van der Waals surface area contributed by atoms with Crippen LogP contribution in [0, 0.1) is 0 Å². The van der Waals surface area contributed by atoms with Gasteiger partial charge in [-0.25, -0.2) is 0 Å². The van der Waals surface area contributed by atoms with E-state index in [1.54, 1.807) is 13.3 Å². The van der Waals surface area contributed by atoms with Crippen LogP contribution >= 0.6 is 0 Å². The molecule has 0 amide bonds. The Labute approximate surface area is 188 Å². The molecule has 2 aliphatic heterocycles. The van der Waals surface area contributed by atoms with Gasteiger partial charge in [0.15, 0.2) is 11.5 Å². The van der Waals surface area contributed by atoms with Gasteiger partial charge in [-0.15, -0.1) is 0 Å². The van der Waals surface area contributed by atoms with Crippen molar-refractivity contribution in [2.45, 2.75) is 31.8 Å². The summed E-state index contributed by atoms with van der Waals surface area (Å²) in [5.41, 5.74) is 3.36. The summed E-state index contributed by atoms with van der Waals surface area (Å²) < 4.78 is 16.6. The second-order valence-electron chi connectivity index (χ2n) is 8.42.